The number of amides is 2. The molecule has 0 bridgehead atoms. The molecule has 1 fully saturated rings. The largest absolute Gasteiger partial charge is 0.493 e. The van der Waals surface area contributed by atoms with E-state index in [0.29, 0.717) is 6.20 Å². The average Bonchev–Trinajstić information content (AvgIpc) is 2.82. The summed E-state index contributed by atoms with van der Waals surface area (Å²) in [5, 5.41) is 10.1. The minimum atomic E-state index is -4.66. The third-order valence-corrected chi connectivity index (χ3v) is 5.57. The Hall–Kier alpha value is -3.76. The molecule has 0 unspecified atom stereocenters. The van der Waals surface area contributed by atoms with Gasteiger partial charge >= 0.3 is 18.4 Å². The Morgan fingerprint density at radius 1 is 1.03 bits per heavy atom. The Morgan fingerprint density at radius 2 is 1.61 bits per heavy atom. The van der Waals surface area contributed by atoms with Gasteiger partial charge in [-0.15, -0.1) is 0 Å². The first kappa shape index (κ1) is 26.8. The maximum absolute atomic E-state index is 13.2. The minimum Gasteiger partial charge on any atom is -0.493 e. The van der Waals surface area contributed by atoms with Crippen LogP contribution in [0, 0.1) is 5.41 Å². The first-order chi connectivity index (χ1) is 16.9. The number of aromatic hydroxyl groups is 1. The third kappa shape index (κ3) is 6.89. The number of ether oxygens (including phenoxy) is 2. The van der Waals surface area contributed by atoms with Gasteiger partial charge in [-0.2, -0.15) is 13.2 Å². The van der Waals surface area contributed by atoms with Crippen LogP contribution < -0.4 is 0 Å². The van der Waals surface area contributed by atoms with E-state index in [4.69, 9.17) is 9.47 Å². The SMILES string of the molecule is CC(C)(C)C(=COC(=O)N1CCN(C(=O)OCc2ccccc2)CC1)c1cc(C(F)(F)F)cnc1O. The van der Waals surface area contributed by atoms with Crippen molar-refractivity contribution in [3.8, 4) is 5.88 Å². The molecular weight excluding hydrogens is 479 g/mol. The standard InChI is InChI=1S/C25H28F3N3O5/c1-24(2,3)20(19-13-18(25(26,27)28)14-29-21(19)32)16-36-23(34)31-11-9-30(10-12-31)22(33)35-15-17-7-5-4-6-8-17/h4-8,13-14,16H,9-12,15H2,1-3H3,(H,29,32). The first-order valence-electron chi connectivity index (χ1n) is 11.2. The molecule has 1 saturated heterocycles. The fraction of sp³-hybridized carbons (Fsp3) is 0.400. The van der Waals surface area contributed by atoms with Gasteiger partial charge in [-0.3, -0.25) is 0 Å². The van der Waals surface area contributed by atoms with Gasteiger partial charge in [-0.25, -0.2) is 14.6 Å². The molecule has 1 aromatic heterocycles. The van der Waals surface area contributed by atoms with Gasteiger partial charge in [0, 0.05) is 43.5 Å². The van der Waals surface area contributed by atoms with Gasteiger partial charge in [0.15, 0.2) is 0 Å². The molecule has 2 aromatic rings. The lowest BCUT2D eigenvalue weighted by molar-refractivity contribution is -0.137. The number of carbonyl (C=O) groups excluding carboxylic acids is 2. The van der Waals surface area contributed by atoms with Crippen LogP contribution >= 0.6 is 0 Å². The highest BCUT2D eigenvalue weighted by Crippen LogP contribution is 2.40. The van der Waals surface area contributed by atoms with E-state index in [9.17, 15) is 27.9 Å². The number of hydrogen-bond acceptors (Lipinski definition) is 6. The van der Waals surface area contributed by atoms with Gasteiger partial charge in [-0.05, 0) is 17.0 Å². The average molecular weight is 508 g/mol. The fourth-order valence-corrected chi connectivity index (χ4v) is 3.52. The zero-order valence-electron chi connectivity index (χ0n) is 20.2. The zero-order chi connectivity index (χ0) is 26.5. The Morgan fingerprint density at radius 3 is 2.17 bits per heavy atom. The number of carbonyl (C=O) groups is 2. The number of rotatable bonds is 4. The molecule has 36 heavy (non-hydrogen) atoms. The second-order valence-corrected chi connectivity index (χ2v) is 9.27. The highest BCUT2D eigenvalue weighted by molar-refractivity contribution is 5.76. The molecule has 0 saturated carbocycles. The van der Waals surface area contributed by atoms with E-state index in [2.05, 4.69) is 4.98 Å². The molecule has 0 atom stereocenters. The first-order valence-corrected chi connectivity index (χ1v) is 11.2. The summed E-state index contributed by atoms with van der Waals surface area (Å²) in [6.07, 6.45) is -4.30. The smallest absolute Gasteiger partial charge is 0.417 e. The summed E-state index contributed by atoms with van der Waals surface area (Å²) in [5.41, 5.74) is -0.986. The highest BCUT2D eigenvalue weighted by atomic mass is 19.4. The van der Waals surface area contributed by atoms with Crippen LogP contribution in [0.15, 0.2) is 48.9 Å². The highest BCUT2D eigenvalue weighted by Gasteiger charge is 2.34. The molecule has 2 heterocycles. The van der Waals surface area contributed by atoms with Crippen LogP contribution in [0.2, 0.25) is 0 Å². The topological polar surface area (TPSA) is 92.2 Å². The molecule has 0 aliphatic carbocycles. The second-order valence-electron chi connectivity index (χ2n) is 9.27. The predicted molar refractivity (Wildman–Crippen MR) is 125 cm³/mol. The Balaban J connectivity index is 1.62. The third-order valence-electron chi connectivity index (χ3n) is 5.57. The van der Waals surface area contributed by atoms with Gasteiger partial charge in [0.1, 0.15) is 12.9 Å². The van der Waals surface area contributed by atoms with Crippen molar-refractivity contribution in [1.82, 2.24) is 14.8 Å². The molecule has 1 aliphatic heterocycles. The van der Waals surface area contributed by atoms with E-state index >= 15 is 0 Å². The summed E-state index contributed by atoms with van der Waals surface area (Å²) in [4.78, 5) is 31.2. The van der Waals surface area contributed by atoms with Crippen molar-refractivity contribution < 1.29 is 37.3 Å². The van der Waals surface area contributed by atoms with E-state index < -0.39 is 35.2 Å². The van der Waals surface area contributed by atoms with Crippen LogP contribution in [0.3, 0.4) is 0 Å². The van der Waals surface area contributed by atoms with E-state index in [1.165, 1.54) is 9.80 Å². The summed E-state index contributed by atoms with van der Waals surface area (Å²) in [5.74, 6) is -0.608. The van der Waals surface area contributed by atoms with Crippen molar-refractivity contribution in [1.29, 1.82) is 0 Å². The van der Waals surface area contributed by atoms with Crippen LogP contribution in [0.5, 0.6) is 5.88 Å². The maximum Gasteiger partial charge on any atom is 0.417 e. The maximum atomic E-state index is 13.2. The van der Waals surface area contributed by atoms with Crippen LogP contribution in [0.1, 0.15) is 37.5 Å². The number of halogens is 3. The number of benzene rings is 1. The summed E-state index contributed by atoms with van der Waals surface area (Å²) >= 11 is 0. The van der Waals surface area contributed by atoms with Crippen molar-refractivity contribution in [2.45, 2.75) is 33.6 Å². The van der Waals surface area contributed by atoms with Crippen LogP contribution in [0.4, 0.5) is 22.8 Å². The van der Waals surface area contributed by atoms with Crippen LogP contribution in [0.25, 0.3) is 5.57 Å². The molecule has 8 nitrogen and oxygen atoms in total. The van der Waals surface area contributed by atoms with Crippen LogP contribution in [-0.2, 0) is 22.3 Å². The number of allylic oxidation sites excluding steroid dienone is 1. The fourth-order valence-electron chi connectivity index (χ4n) is 3.52. The van der Waals surface area contributed by atoms with Crippen molar-refractivity contribution in [2.75, 3.05) is 26.2 Å². The van der Waals surface area contributed by atoms with Gasteiger partial charge in [0.25, 0.3) is 0 Å². The summed E-state index contributed by atoms with van der Waals surface area (Å²) in [6, 6.07) is 10.0. The van der Waals surface area contributed by atoms with Crippen molar-refractivity contribution in [3.05, 3.63) is 65.5 Å². The molecule has 0 radical (unpaired) electrons. The number of aromatic nitrogens is 1. The van der Waals surface area contributed by atoms with E-state index in [1.807, 2.05) is 30.3 Å². The number of hydrogen-bond donors (Lipinski definition) is 1. The molecule has 194 valence electrons. The van der Waals surface area contributed by atoms with Gasteiger partial charge in [0.2, 0.25) is 5.88 Å². The van der Waals surface area contributed by atoms with Crippen LogP contribution in [-0.4, -0.2) is 58.3 Å². The predicted octanol–water partition coefficient (Wildman–Crippen LogP) is 5.28. The lowest BCUT2D eigenvalue weighted by atomic mass is 9.83. The Kier molecular flexibility index (Phi) is 8.11. The van der Waals surface area contributed by atoms with Gasteiger partial charge < -0.3 is 24.4 Å². The van der Waals surface area contributed by atoms with Crippen molar-refractivity contribution >= 4 is 17.8 Å². The zero-order valence-corrected chi connectivity index (χ0v) is 20.2. The molecule has 3 rings (SSSR count). The summed E-state index contributed by atoms with van der Waals surface area (Å²) in [6.45, 7) is 6.08. The number of pyridine rings is 1. The Bertz CT molecular complexity index is 1110. The normalized spacial score (nSPS) is 15.0. The summed E-state index contributed by atoms with van der Waals surface area (Å²) in [7, 11) is 0. The van der Waals surface area contributed by atoms with E-state index in [1.54, 1.807) is 20.8 Å². The molecule has 1 aromatic carbocycles. The monoisotopic (exact) mass is 507 g/mol. The van der Waals surface area contributed by atoms with E-state index in [-0.39, 0.29) is 43.9 Å². The quantitative estimate of drug-likeness (QED) is 0.566. The minimum absolute atomic E-state index is 0.138. The molecule has 11 heteroatoms. The second kappa shape index (κ2) is 10.9. The van der Waals surface area contributed by atoms with Gasteiger partial charge in [-0.1, -0.05) is 51.1 Å². The van der Waals surface area contributed by atoms with Crippen molar-refractivity contribution in [2.24, 2.45) is 5.41 Å². The summed E-state index contributed by atoms with van der Waals surface area (Å²) < 4.78 is 50.1. The molecular formula is C25H28F3N3O5. The lowest BCUT2D eigenvalue weighted by Gasteiger charge is -2.33. The Labute approximate surface area is 206 Å². The van der Waals surface area contributed by atoms with Gasteiger partial charge in [0.05, 0.1) is 5.56 Å². The van der Waals surface area contributed by atoms with E-state index in [0.717, 1.165) is 17.9 Å². The van der Waals surface area contributed by atoms with Crippen molar-refractivity contribution in [3.63, 3.8) is 0 Å². The number of nitrogens with zero attached hydrogens (tertiary/aromatic N) is 3. The molecule has 2 amide bonds. The molecule has 0 spiro atoms. The number of alkyl halides is 3. The molecule has 1 aliphatic rings. The number of piperazine rings is 1. The lowest BCUT2D eigenvalue weighted by Crippen LogP contribution is -2.50. The molecule has 1 N–H and O–H groups in total.